The molecular weight excluding hydrogens is 330 g/mol. The summed E-state index contributed by atoms with van der Waals surface area (Å²) in [6.07, 6.45) is 3.87. The molecule has 0 aromatic heterocycles. The van der Waals surface area contributed by atoms with Gasteiger partial charge in [-0.25, -0.2) is 0 Å². The van der Waals surface area contributed by atoms with Crippen LogP contribution in [0.4, 0.5) is 0 Å². The molecule has 0 aliphatic carbocycles. The molecule has 0 spiro atoms. The average Bonchev–Trinajstić information content (AvgIpc) is 3.29. The molecule has 3 rings (SSSR count). The molecule has 2 aliphatic rings. The summed E-state index contributed by atoms with van der Waals surface area (Å²) in [6.45, 7) is 5.16. The molecule has 1 aromatic rings. The van der Waals surface area contributed by atoms with E-state index in [1.807, 2.05) is 24.3 Å². The zero-order valence-electron chi connectivity index (χ0n) is 15.6. The van der Waals surface area contributed by atoms with Crippen LogP contribution in [0.1, 0.15) is 31.2 Å². The van der Waals surface area contributed by atoms with Crippen LogP contribution >= 0.6 is 0 Å². The molecule has 0 saturated carbocycles. The number of nitrogens with one attached hydrogen (secondary N) is 1. The van der Waals surface area contributed by atoms with Crippen molar-refractivity contribution in [1.82, 2.24) is 15.1 Å². The Labute approximate surface area is 155 Å². The summed E-state index contributed by atoms with van der Waals surface area (Å²) in [7, 11) is 1.63. The van der Waals surface area contributed by atoms with Crippen LogP contribution in [0.3, 0.4) is 0 Å². The predicted molar refractivity (Wildman–Crippen MR) is 99.8 cm³/mol. The molecule has 0 bridgehead atoms. The van der Waals surface area contributed by atoms with Gasteiger partial charge < -0.3 is 19.9 Å². The number of benzene rings is 1. The summed E-state index contributed by atoms with van der Waals surface area (Å²) in [5.41, 5.74) is 1.05. The molecule has 2 saturated heterocycles. The lowest BCUT2D eigenvalue weighted by Crippen LogP contribution is -2.34. The maximum Gasteiger partial charge on any atom is 0.225 e. The first-order chi connectivity index (χ1) is 12.7. The second-order valence-electron chi connectivity index (χ2n) is 7.22. The summed E-state index contributed by atoms with van der Waals surface area (Å²) >= 11 is 0. The lowest BCUT2D eigenvalue weighted by atomic mass is 10.1. The van der Waals surface area contributed by atoms with Crippen LogP contribution in [0.2, 0.25) is 0 Å². The van der Waals surface area contributed by atoms with Crippen LogP contribution in [0, 0.1) is 5.92 Å². The third kappa shape index (κ3) is 4.97. The van der Waals surface area contributed by atoms with E-state index in [9.17, 15) is 9.59 Å². The first-order valence-corrected chi connectivity index (χ1v) is 9.56. The Kier molecular flexibility index (Phi) is 6.50. The van der Waals surface area contributed by atoms with Crippen molar-refractivity contribution in [3.8, 4) is 5.75 Å². The third-order valence-electron chi connectivity index (χ3n) is 5.27. The molecule has 2 amide bonds. The second kappa shape index (κ2) is 9.03. The number of amides is 2. The third-order valence-corrected chi connectivity index (χ3v) is 5.27. The van der Waals surface area contributed by atoms with E-state index in [4.69, 9.17) is 4.74 Å². The number of likely N-dealkylation sites (tertiary alicyclic amines) is 2. The molecule has 2 heterocycles. The van der Waals surface area contributed by atoms with Gasteiger partial charge in [0.1, 0.15) is 5.75 Å². The summed E-state index contributed by atoms with van der Waals surface area (Å²) in [5.74, 6) is 0.634. The van der Waals surface area contributed by atoms with Gasteiger partial charge in [-0.2, -0.15) is 0 Å². The molecule has 2 fully saturated rings. The van der Waals surface area contributed by atoms with Gasteiger partial charge >= 0.3 is 0 Å². The lowest BCUT2D eigenvalue weighted by Gasteiger charge is -2.17. The molecule has 26 heavy (non-hydrogen) atoms. The molecule has 1 N–H and O–H groups in total. The molecule has 1 atom stereocenters. The van der Waals surface area contributed by atoms with Gasteiger partial charge in [-0.05, 0) is 56.6 Å². The Morgan fingerprint density at radius 2 is 1.96 bits per heavy atom. The minimum absolute atomic E-state index is 0.0111. The second-order valence-corrected chi connectivity index (χ2v) is 7.22. The predicted octanol–water partition coefficient (Wildman–Crippen LogP) is 1.65. The van der Waals surface area contributed by atoms with Gasteiger partial charge in [0, 0.05) is 26.1 Å². The van der Waals surface area contributed by atoms with Gasteiger partial charge in [0.25, 0.3) is 0 Å². The maximum absolute atomic E-state index is 12.3. The fourth-order valence-electron chi connectivity index (χ4n) is 3.72. The van der Waals surface area contributed by atoms with E-state index >= 15 is 0 Å². The quantitative estimate of drug-likeness (QED) is 0.717. The molecule has 0 radical (unpaired) electrons. The van der Waals surface area contributed by atoms with E-state index in [2.05, 4.69) is 10.2 Å². The number of carbonyl (C=O) groups is 2. The van der Waals surface area contributed by atoms with E-state index in [0.717, 1.165) is 24.3 Å². The minimum atomic E-state index is -0.229. The fraction of sp³-hybridized carbons (Fsp3) is 0.600. The summed E-state index contributed by atoms with van der Waals surface area (Å²) < 4.78 is 5.15. The maximum atomic E-state index is 12.3. The number of ether oxygens (including phenoxy) is 1. The van der Waals surface area contributed by atoms with E-state index in [1.165, 1.54) is 25.9 Å². The van der Waals surface area contributed by atoms with Crippen LogP contribution < -0.4 is 10.1 Å². The Bertz CT molecular complexity index is 611. The van der Waals surface area contributed by atoms with Crippen LogP contribution in [-0.4, -0.2) is 61.4 Å². The molecule has 6 heteroatoms. The average molecular weight is 359 g/mol. The van der Waals surface area contributed by atoms with Crippen LogP contribution in [0.25, 0.3) is 0 Å². The van der Waals surface area contributed by atoms with E-state index in [-0.39, 0.29) is 17.7 Å². The number of hydrogen-bond acceptors (Lipinski definition) is 4. The molecule has 2 aliphatic heterocycles. The Morgan fingerprint density at radius 3 is 2.65 bits per heavy atom. The first-order valence-electron chi connectivity index (χ1n) is 9.56. The van der Waals surface area contributed by atoms with Crippen LogP contribution in [-0.2, 0) is 16.1 Å². The van der Waals surface area contributed by atoms with E-state index in [0.29, 0.717) is 26.1 Å². The molecule has 0 unspecified atom stereocenters. The van der Waals surface area contributed by atoms with E-state index in [1.54, 1.807) is 12.0 Å². The number of nitrogens with zero attached hydrogens (tertiary/aromatic N) is 2. The van der Waals surface area contributed by atoms with Crippen molar-refractivity contribution in [2.45, 2.75) is 32.2 Å². The Hall–Kier alpha value is -2.08. The molecular formula is C20H29N3O3. The highest BCUT2D eigenvalue weighted by atomic mass is 16.5. The van der Waals surface area contributed by atoms with Gasteiger partial charge in [0.15, 0.2) is 0 Å². The zero-order chi connectivity index (χ0) is 18.4. The minimum Gasteiger partial charge on any atom is -0.497 e. The standard InChI is InChI=1S/C20H29N3O3/c1-26-18-7-5-16(6-8-18)14-23-15-17(13-19(23)24)20(25)21-9-4-12-22-10-2-3-11-22/h5-8,17H,2-4,9-15H2,1H3,(H,21,25)/t17-/m0/s1. The zero-order valence-corrected chi connectivity index (χ0v) is 15.6. The van der Waals surface area contributed by atoms with Crippen LogP contribution in [0.5, 0.6) is 5.75 Å². The first kappa shape index (κ1) is 18.7. The molecule has 6 nitrogen and oxygen atoms in total. The van der Waals surface area contributed by atoms with Crippen molar-refractivity contribution in [2.24, 2.45) is 5.92 Å². The highest BCUT2D eigenvalue weighted by molar-refractivity contribution is 5.89. The van der Waals surface area contributed by atoms with Gasteiger partial charge in [-0.15, -0.1) is 0 Å². The smallest absolute Gasteiger partial charge is 0.225 e. The normalized spacial score (nSPS) is 20.6. The molecule has 142 valence electrons. The highest BCUT2D eigenvalue weighted by Crippen LogP contribution is 2.21. The van der Waals surface area contributed by atoms with Gasteiger partial charge in [-0.3, -0.25) is 9.59 Å². The summed E-state index contributed by atoms with van der Waals surface area (Å²) in [6, 6.07) is 7.69. The van der Waals surface area contributed by atoms with Crippen molar-refractivity contribution in [3.63, 3.8) is 0 Å². The number of hydrogen-bond donors (Lipinski definition) is 1. The summed E-state index contributed by atoms with van der Waals surface area (Å²) in [5, 5.41) is 3.01. The number of methoxy groups -OCH3 is 1. The van der Waals surface area contributed by atoms with Crippen molar-refractivity contribution >= 4 is 11.8 Å². The van der Waals surface area contributed by atoms with Gasteiger partial charge in [0.05, 0.1) is 13.0 Å². The lowest BCUT2D eigenvalue weighted by molar-refractivity contribution is -0.129. The Morgan fingerprint density at radius 1 is 1.23 bits per heavy atom. The SMILES string of the molecule is COc1ccc(CN2C[C@@H](C(=O)NCCCN3CCCC3)CC2=O)cc1. The number of carbonyl (C=O) groups excluding carboxylic acids is 2. The topological polar surface area (TPSA) is 61.9 Å². The summed E-state index contributed by atoms with van der Waals surface area (Å²) in [4.78, 5) is 28.8. The number of rotatable bonds is 8. The van der Waals surface area contributed by atoms with Gasteiger partial charge in [0.2, 0.25) is 11.8 Å². The fourth-order valence-corrected chi connectivity index (χ4v) is 3.72. The monoisotopic (exact) mass is 359 g/mol. The van der Waals surface area contributed by atoms with E-state index < -0.39 is 0 Å². The molecule has 1 aromatic carbocycles. The van der Waals surface area contributed by atoms with Crippen LogP contribution in [0.15, 0.2) is 24.3 Å². The van der Waals surface area contributed by atoms with Crippen molar-refractivity contribution in [2.75, 3.05) is 39.8 Å². The largest absolute Gasteiger partial charge is 0.497 e. The highest BCUT2D eigenvalue weighted by Gasteiger charge is 2.34. The van der Waals surface area contributed by atoms with Crippen molar-refractivity contribution < 1.29 is 14.3 Å². The van der Waals surface area contributed by atoms with Gasteiger partial charge in [-0.1, -0.05) is 12.1 Å². The Balaban J connectivity index is 1.40. The van der Waals surface area contributed by atoms with Crippen molar-refractivity contribution in [1.29, 1.82) is 0 Å². The van der Waals surface area contributed by atoms with Crippen molar-refractivity contribution in [3.05, 3.63) is 29.8 Å².